The molecular weight excluding hydrogens is 244 g/mol. The molecule has 2 N–H and O–H groups in total. The number of hydrogen-bond donors (Lipinski definition) is 2. The van der Waals surface area contributed by atoms with Crippen LogP contribution in [0, 0.1) is 5.92 Å². The summed E-state index contributed by atoms with van der Waals surface area (Å²) in [5.41, 5.74) is 0.434. The first-order valence-electron chi connectivity index (χ1n) is 6.27. The fraction of sp³-hybridized carbons (Fsp3) is 0.500. The lowest BCUT2D eigenvalue weighted by molar-refractivity contribution is 0.0942. The van der Waals surface area contributed by atoms with Gasteiger partial charge in [-0.1, -0.05) is 13.0 Å². The molecule has 0 aromatic heterocycles. The van der Waals surface area contributed by atoms with Gasteiger partial charge in [-0.25, -0.2) is 0 Å². The smallest absolute Gasteiger partial charge is 0.258 e. The quantitative estimate of drug-likeness (QED) is 0.781. The first-order valence-corrected chi connectivity index (χ1v) is 6.27. The highest BCUT2D eigenvalue weighted by atomic mass is 16.5. The van der Waals surface area contributed by atoms with E-state index >= 15 is 0 Å². The van der Waals surface area contributed by atoms with Crippen molar-refractivity contribution in [3.05, 3.63) is 23.8 Å². The van der Waals surface area contributed by atoms with Gasteiger partial charge in [0.1, 0.15) is 17.1 Å². The van der Waals surface area contributed by atoms with Crippen molar-refractivity contribution in [2.24, 2.45) is 5.92 Å². The molecular formula is C14H22N2O3. The van der Waals surface area contributed by atoms with Crippen LogP contribution in [0.15, 0.2) is 18.2 Å². The van der Waals surface area contributed by atoms with Crippen LogP contribution in [-0.2, 0) is 0 Å². The van der Waals surface area contributed by atoms with Gasteiger partial charge in [-0.05, 0) is 31.6 Å². The van der Waals surface area contributed by atoms with E-state index in [1.165, 1.54) is 14.2 Å². The van der Waals surface area contributed by atoms with E-state index in [4.69, 9.17) is 9.47 Å². The Hall–Kier alpha value is -1.75. The van der Waals surface area contributed by atoms with Gasteiger partial charge in [0, 0.05) is 6.54 Å². The van der Waals surface area contributed by atoms with Crippen LogP contribution in [0.5, 0.6) is 11.5 Å². The molecule has 0 bridgehead atoms. The van der Waals surface area contributed by atoms with Crippen LogP contribution in [0.25, 0.3) is 0 Å². The van der Waals surface area contributed by atoms with Crippen LogP contribution in [-0.4, -0.2) is 40.3 Å². The second kappa shape index (κ2) is 7.63. The topological polar surface area (TPSA) is 59.6 Å². The molecule has 0 aliphatic heterocycles. The summed E-state index contributed by atoms with van der Waals surface area (Å²) in [5, 5.41) is 5.97. The Morgan fingerprint density at radius 2 is 1.79 bits per heavy atom. The molecule has 1 aromatic rings. The van der Waals surface area contributed by atoms with Crippen LogP contribution in [0.1, 0.15) is 17.3 Å². The maximum atomic E-state index is 12.2. The number of nitrogens with one attached hydrogen (secondary N) is 2. The summed E-state index contributed by atoms with van der Waals surface area (Å²) in [5.74, 6) is 1.20. The Balaban J connectivity index is 2.81. The first-order chi connectivity index (χ1) is 9.13. The molecule has 1 rings (SSSR count). The van der Waals surface area contributed by atoms with Crippen LogP contribution in [0.3, 0.4) is 0 Å². The summed E-state index contributed by atoms with van der Waals surface area (Å²) in [6.45, 7) is 3.51. The fourth-order valence-electron chi connectivity index (χ4n) is 1.85. The predicted octanol–water partition coefficient (Wildman–Crippen LogP) is 1.29. The molecule has 0 heterocycles. The largest absolute Gasteiger partial charge is 0.496 e. The van der Waals surface area contributed by atoms with Gasteiger partial charge in [-0.3, -0.25) is 4.79 Å². The molecule has 0 aliphatic rings. The van der Waals surface area contributed by atoms with Gasteiger partial charge in [0.15, 0.2) is 0 Å². The molecule has 1 unspecified atom stereocenters. The number of benzene rings is 1. The van der Waals surface area contributed by atoms with Gasteiger partial charge in [0.2, 0.25) is 0 Å². The maximum Gasteiger partial charge on any atom is 0.258 e. The van der Waals surface area contributed by atoms with Crippen molar-refractivity contribution in [1.29, 1.82) is 0 Å². The number of methoxy groups -OCH3 is 2. The van der Waals surface area contributed by atoms with Gasteiger partial charge in [0.05, 0.1) is 14.2 Å². The molecule has 1 atom stereocenters. The van der Waals surface area contributed by atoms with Crippen molar-refractivity contribution >= 4 is 5.91 Å². The molecule has 0 aliphatic carbocycles. The summed E-state index contributed by atoms with van der Waals surface area (Å²) in [4.78, 5) is 12.2. The molecule has 5 nitrogen and oxygen atoms in total. The Labute approximate surface area is 114 Å². The van der Waals surface area contributed by atoms with Gasteiger partial charge in [-0.2, -0.15) is 0 Å². The predicted molar refractivity (Wildman–Crippen MR) is 75.0 cm³/mol. The maximum absolute atomic E-state index is 12.2. The molecule has 1 aromatic carbocycles. The van der Waals surface area contributed by atoms with E-state index in [2.05, 4.69) is 17.6 Å². The number of carbonyl (C=O) groups is 1. The Bertz CT molecular complexity index is 399. The van der Waals surface area contributed by atoms with E-state index < -0.39 is 0 Å². The Kier molecular flexibility index (Phi) is 6.15. The Morgan fingerprint density at radius 3 is 2.26 bits per heavy atom. The third-order valence-electron chi connectivity index (χ3n) is 2.82. The molecule has 0 spiro atoms. The van der Waals surface area contributed by atoms with Crippen molar-refractivity contribution in [3.63, 3.8) is 0 Å². The number of amides is 1. The highest BCUT2D eigenvalue weighted by Crippen LogP contribution is 2.27. The minimum atomic E-state index is -0.183. The number of ether oxygens (including phenoxy) is 2. The van der Waals surface area contributed by atoms with Crippen LogP contribution in [0.4, 0.5) is 0 Å². The molecule has 106 valence electrons. The highest BCUT2D eigenvalue weighted by molar-refractivity contribution is 5.99. The second-order valence-electron chi connectivity index (χ2n) is 4.41. The van der Waals surface area contributed by atoms with Crippen molar-refractivity contribution in [2.45, 2.75) is 6.92 Å². The van der Waals surface area contributed by atoms with E-state index in [-0.39, 0.29) is 5.91 Å². The standard InChI is InChI=1S/C14H22N2O3/c1-10(8-15-2)9-16-14(17)13-11(18-3)6-5-7-12(13)19-4/h5-7,10,15H,8-9H2,1-4H3,(H,16,17). The lowest BCUT2D eigenvalue weighted by Crippen LogP contribution is -2.32. The van der Waals surface area contributed by atoms with Crippen molar-refractivity contribution in [2.75, 3.05) is 34.4 Å². The van der Waals surface area contributed by atoms with Crippen LogP contribution in [0.2, 0.25) is 0 Å². The van der Waals surface area contributed by atoms with Crippen molar-refractivity contribution in [1.82, 2.24) is 10.6 Å². The van der Waals surface area contributed by atoms with Gasteiger partial charge in [-0.15, -0.1) is 0 Å². The van der Waals surface area contributed by atoms with Gasteiger partial charge >= 0.3 is 0 Å². The molecule has 0 radical (unpaired) electrons. The summed E-state index contributed by atoms with van der Waals surface area (Å²) >= 11 is 0. The summed E-state index contributed by atoms with van der Waals surface area (Å²) < 4.78 is 10.4. The van der Waals surface area contributed by atoms with E-state index in [1.54, 1.807) is 18.2 Å². The number of rotatable bonds is 7. The molecule has 5 heteroatoms. The zero-order valence-electron chi connectivity index (χ0n) is 11.9. The second-order valence-corrected chi connectivity index (χ2v) is 4.41. The SMILES string of the molecule is CNCC(C)CNC(=O)c1c(OC)cccc1OC. The zero-order chi connectivity index (χ0) is 14.3. The first kappa shape index (κ1) is 15.3. The molecule has 1 amide bonds. The number of hydrogen-bond acceptors (Lipinski definition) is 4. The average molecular weight is 266 g/mol. The highest BCUT2D eigenvalue weighted by Gasteiger charge is 2.18. The van der Waals surface area contributed by atoms with E-state index in [9.17, 15) is 4.79 Å². The minimum Gasteiger partial charge on any atom is -0.496 e. The molecule has 0 saturated carbocycles. The zero-order valence-corrected chi connectivity index (χ0v) is 11.9. The number of carbonyl (C=O) groups excluding carboxylic acids is 1. The third-order valence-corrected chi connectivity index (χ3v) is 2.82. The molecule has 0 saturated heterocycles. The van der Waals surface area contributed by atoms with Crippen LogP contribution < -0.4 is 20.1 Å². The summed E-state index contributed by atoms with van der Waals surface area (Å²) in [6, 6.07) is 5.28. The van der Waals surface area contributed by atoms with E-state index in [0.29, 0.717) is 29.5 Å². The third kappa shape index (κ3) is 4.13. The molecule has 19 heavy (non-hydrogen) atoms. The molecule has 0 fully saturated rings. The van der Waals surface area contributed by atoms with Gasteiger partial charge in [0.25, 0.3) is 5.91 Å². The minimum absolute atomic E-state index is 0.183. The lowest BCUT2D eigenvalue weighted by Gasteiger charge is -2.15. The van der Waals surface area contributed by atoms with E-state index in [0.717, 1.165) is 6.54 Å². The lowest BCUT2D eigenvalue weighted by atomic mass is 10.1. The Morgan fingerprint density at radius 1 is 1.21 bits per heavy atom. The van der Waals surface area contributed by atoms with Crippen LogP contribution >= 0.6 is 0 Å². The van der Waals surface area contributed by atoms with E-state index in [1.807, 2.05) is 7.05 Å². The average Bonchev–Trinajstić information content (AvgIpc) is 2.44. The van der Waals surface area contributed by atoms with Crippen molar-refractivity contribution < 1.29 is 14.3 Å². The normalized spacial score (nSPS) is 11.8. The monoisotopic (exact) mass is 266 g/mol. The van der Waals surface area contributed by atoms with Crippen molar-refractivity contribution in [3.8, 4) is 11.5 Å². The van der Waals surface area contributed by atoms with Gasteiger partial charge < -0.3 is 20.1 Å². The summed E-state index contributed by atoms with van der Waals surface area (Å²) in [7, 11) is 4.96. The summed E-state index contributed by atoms with van der Waals surface area (Å²) in [6.07, 6.45) is 0. The fourth-order valence-corrected chi connectivity index (χ4v) is 1.85.